The van der Waals surface area contributed by atoms with E-state index in [2.05, 4.69) is 23.5 Å². The number of aromatic nitrogens is 1. The lowest BCUT2D eigenvalue weighted by Crippen LogP contribution is -2.44. The summed E-state index contributed by atoms with van der Waals surface area (Å²) in [6.07, 6.45) is 1.62. The van der Waals surface area contributed by atoms with Gasteiger partial charge in [0.2, 0.25) is 5.91 Å². The fraction of sp³-hybridized carbons (Fsp3) is 0.357. The van der Waals surface area contributed by atoms with Crippen LogP contribution < -0.4 is 26.6 Å². The zero-order valence-corrected chi connectivity index (χ0v) is 23.3. The molecule has 0 fully saturated rings. The summed E-state index contributed by atoms with van der Waals surface area (Å²) in [5, 5.41) is 3.01. The Balaban J connectivity index is 2.17. The van der Waals surface area contributed by atoms with E-state index in [1.807, 2.05) is 74.4 Å². The van der Waals surface area contributed by atoms with Crippen LogP contribution in [0.15, 0.2) is 48.5 Å². The van der Waals surface area contributed by atoms with Crippen molar-refractivity contribution < 1.29 is 14.4 Å². The summed E-state index contributed by atoms with van der Waals surface area (Å²) < 4.78 is 4.01. The molecule has 3 aromatic rings. The first-order valence-electron chi connectivity index (χ1n) is 12.6. The van der Waals surface area contributed by atoms with E-state index in [1.165, 1.54) is 4.90 Å². The molecular formula is C28H36N6O3S. The second kappa shape index (κ2) is 12.6. The van der Waals surface area contributed by atoms with Gasteiger partial charge in [-0.2, -0.15) is 4.37 Å². The molecule has 2 aromatic carbocycles. The molecule has 38 heavy (non-hydrogen) atoms. The molecule has 3 rings (SSSR count). The molecule has 0 saturated carbocycles. The standard InChI is InChI=1S/C28H36N6O3S/c1-6-18-7-11-21(12-8-18)34(28(37)25-22(29)23(26(30)35)32-38-25)24(27(36)31-16-15-17(2)3)19-9-13-20(14-10-19)33(4)5/h7-14,17,24H,6,15-16,29H2,1-5H3,(H2,30,35)(H,31,36)/t24-/m0/s1. The number of carbonyl (C=O) groups excluding carboxylic acids is 3. The van der Waals surface area contributed by atoms with Crippen molar-refractivity contribution in [1.82, 2.24) is 9.69 Å². The van der Waals surface area contributed by atoms with Gasteiger partial charge < -0.3 is 21.7 Å². The molecule has 9 nitrogen and oxygen atoms in total. The maximum Gasteiger partial charge on any atom is 0.273 e. The molecule has 0 saturated heterocycles. The van der Waals surface area contributed by atoms with Crippen LogP contribution in [0.3, 0.4) is 0 Å². The van der Waals surface area contributed by atoms with Gasteiger partial charge in [0, 0.05) is 32.0 Å². The summed E-state index contributed by atoms with van der Waals surface area (Å²) in [5.74, 6) is -1.29. The van der Waals surface area contributed by atoms with E-state index < -0.39 is 17.9 Å². The second-order valence-corrected chi connectivity index (χ2v) is 10.5. The summed E-state index contributed by atoms with van der Waals surface area (Å²) in [6, 6.07) is 13.9. The van der Waals surface area contributed by atoms with E-state index in [4.69, 9.17) is 11.5 Å². The highest BCUT2D eigenvalue weighted by Crippen LogP contribution is 2.34. The average Bonchev–Trinajstić information content (AvgIpc) is 3.28. The third-order valence-electron chi connectivity index (χ3n) is 6.25. The smallest absolute Gasteiger partial charge is 0.273 e. The number of aryl methyl sites for hydroxylation is 1. The quantitative estimate of drug-likeness (QED) is 0.339. The zero-order chi connectivity index (χ0) is 28.0. The predicted octanol–water partition coefficient (Wildman–Crippen LogP) is 4.00. The van der Waals surface area contributed by atoms with Crippen molar-refractivity contribution in [3.8, 4) is 0 Å². The van der Waals surface area contributed by atoms with Gasteiger partial charge in [0.05, 0.1) is 5.69 Å². The summed E-state index contributed by atoms with van der Waals surface area (Å²) in [5.41, 5.74) is 14.5. The molecule has 0 aliphatic carbocycles. The van der Waals surface area contributed by atoms with Crippen LogP contribution in [0.5, 0.6) is 0 Å². The molecule has 0 bridgehead atoms. The number of nitrogens with zero attached hydrogens (tertiary/aromatic N) is 3. The van der Waals surface area contributed by atoms with Crippen LogP contribution in [0.2, 0.25) is 0 Å². The van der Waals surface area contributed by atoms with Crippen LogP contribution in [0.4, 0.5) is 17.1 Å². The molecule has 0 unspecified atom stereocenters. The van der Waals surface area contributed by atoms with Crippen LogP contribution in [0.1, 0.15) is 64.5 Å². The largest absolute Gasteiger partial charge is 0.395 e. The van der Waals surface area contributed by atoms with Crippen LogP contribution in [0.25, 0.3) is 0 Å². The van der Waals surface area contributed by atoms with Crippen molar-refractivity contribution in [2.24, 2.45) is 11.7 Å². The lowest BCUT2D eigenvalue weighted by molar-refractivity contribution is -0.122. The van der Waals surface area contributed by atoms with Crippen molar-refractivity contribution >= 4 is 46.3 Å². The van der Waals surface area contributed by atoms with Crippen molar-refractivity contribution in [2.45, 2.75) is 39.7 Å². The van der Waals surface area contributed by atoms with Crippen molar-refractivity contribution in [2.75, 3.05) is 36.2 Å². The Kier molecular flexibility index (Phi) is 9.46. The van der Waals surface area contributed by atoms with Crippen molar-refractivity contribution in [3.63, 3.8) is 0 Å². The first-order chi connectivity index (χ1) is 18.0. The Morgan fingerprint density at radius 2 is 1.61 bits per heavy atom. The van der Waals surface area contributed by atoms with Gasteiger partial charge in [-0.05, 0) is 65.7 Å². The Hall–Kier alpha value is -3.92. The van der Waals surface area contributed by atoms with E-state index >= 15 is 0 Å². The Labute approximate surface area is 228 Å². The normalized spacial score (nSPS) is 11.7. The SMILES string of the molecule is CCc1ccc(N(C(=O)c2snc(C(N)=O)c2N)[C@H](C(=O)NCCC(C)C)c2ccc(N(C)C)cc2)cc1. The number of hydrogen-bond acceptors (Lipinski definition) is 7. The molecule has 0 radical (unpaired) electrons. The number of nitrogens with one attached hydrogen (secondary N) is 1. The summed E-state index contributed by atoms with van der Waals surface area (Å²) in [7, 11) is 3.86. The molecule has 1 aromatic heterocycles. The van der Waals surface area contributed by atoms with E-state index in [1.54, 1.807) is 0 Å². The Bertz CT molecular complexity index is 1270. The molecule has 202 valence electrons. The first kappa shape index (κ1) is 28.6. The lowest BCUT2D eigenvalue weighted by atomic mass is 10.0. The van der Waals surface area contributed by atoms with Gasteiger partial charge in [-0.1, -0.05) is 45.0 Å². The molecule has 0 spiro atoms. The Morgan fingerprint density at radius 1 is 1.00 bits per heavy atom. The molecule has 1 heterocycles. The minimum atomic E-state index is -1.00. The topological polar surface area (TPSA) is 135 Å². The van der Waals surface area contributed by atoms with Crippen LogP contribution in [0, 0.1) is 5.92 Å². The lowest BCUT2D eigenvalue weighted by Gasteiger charge is -2.32. The molecular weight excluding hydrogens is 500 g/mol. The van der Waals surface area contributed by atoms with Gasteiger partial charge >= 0.3 is 0 Å². The maximum absolute atomic E-state index is 14.1. The van der Waals surface area contributed by atoms with Gasteiger partial charge in [-0.15, -0.1) is 0 Å². The van der Waals surface area contributed by atoms with Crippen LogP contribution in [-0.2, 0) is 11.2 Å². The van der Waals surface area contributed by atoms with E-state index in [9.17, 15) is 14.4 Å². The predicted molar refractivity (Wildman–Crippen MR) is 154 cm³/mol. The van der Waals surface area contributed by atoms with Gasteiger partial charge in [0.15, 0.2) is 5.69 Å². The van der Waals surface area contributed by atoms with Gasteiger partial charge in [0.25, 0.3) is 11.8 Å². The van der Waals surface area contributed by atoms with Crippen LogP contribution in [-0.4, -0.2) is 42.7 Å². The number of benzene rings is 2. The Morgan fingerprint density at radius 3 is 2.11 bits per heavy atom. The molecule has 5 N–H and O–H groups in total. The number of primary amides is 1. The summed E-state index contributed by atoms with van der Waals surface area (Å²) in [4.78, 5) is 43.1. The number of rotatable bonds is 11. The molecule has 1 atom stereocenters. The molecule has 0 aliphatic rings. The van der Waals surface area contributed by atoms with E-state index in [0.717, 1.165) is 35.6 Å². The van der Waals surface area contributed by atoms with Crippen LogP contribution >= 0.6 is 11.5 Å². The summed E-state index contributed by atoms with van der Waals surface area (Å²) >= 11 is 0.790. The highest BCUT2D eigenvalue weighted by Gasteiger charge is 2.36. The van der Waals surface area contributed by atoms with Crippen molar-refractivity contribution in [3.05, 3.63) is 70.2 Å². The van der Waals surface area contributed by atoms with Crippen molar-refractivity contribution in [1.29, 1.82) is 0 Å². The molecule has 0 aliphatic heterocycles. The third-order valence-corrected chi connectivity index (χ3v) is 7.10. The third kappa shape index (κ3) is 6.49. The van der Waals surface area contributed by atoms with E-state index in [-0.39, 0.29) is 22.2 Å². The van der Waals surface area contributed by atoms with Gasteiger partial charge in [0.1, 0.15) is 10.9 Å². The minimum Gasteiger partial charge on any atom is -0.395 e. The first-order valence-corrected chi connectivity index (χ1v) is 13.3. The van der Waals surface area contributed by atoms with Gasteiger partial charge in [-0.3, -0.25) is 19.3 Å². The zero-order valence-electron chi connectivity index (χ0n) is 22.5. The second-order valence-electron chi connectivity index (χ2n) is 9.70. The summed E-state index contributed by atoms with van der Waals surface area (Å²) in [6.45, 7) is 6.67. The molecule has 10 heteroatoms. The molecule has 3 amide bonds. The minimum absolute atomic E-state index is 0.0447. The number of hydrogen-bond donors (Lipinski definition) is 3. The maximum atomic E-state index is 14.1. The highest BCUT2D eigenvalue weighted by molar-refractivity contribution is 7.09. The number of anilines is 3. The van der Waals surface area contributed by atoms with Gasteiger partial charge in [-0.25, -0.2) is 0 Å². The monoisotopic (exact) mass is 536 g/mol. The number of nitrogens with two attached hydrogens (primary N) is 2. The number of nitrogen functional groups attached to an aromatic ring is 1. The number of carbonyl (C=O) groups is 3. The highest BCUT2D eigenvalue weighted by atomic mass is 32.1. The fourth-order valence-electron chi connectivity index (χ4n) is 3.97. The van der Waals surface area contributed by atoms with E-state index in [0.29, 0.717) is 23.7 Å². The number of amides is 3. The fourth-order valence-corrected chi connectivity index (χ4v) is 4.71. The average molecular weight is 537 g/mol.